The van der Waals surface area contributed by atoms with Gasteiger partial charge in [-0.2, -0.15) is 5.26 Å². The third kappa shape index (κ3) is 2.03. The van der Waals surface area contributed by atoms with Gasteiger partial charge in [-0.05, 0) is 12.1 Å². The van der Waals surface area contributed by atoms with E-state index in [1.54, 1.807) is 0 Å². The lowest BCUT2D eigenvalue weighted by Crippen LogP contribution is -2.05. The van der Waals surface area contributed by atoms with Crippen LogP contribution < -0.4 is 0 Å². The molecule has 16 heavy (non-hydrogen) atoms. The molecule has 82 valence electrons. The number of nitriles is 1. The van der Waals surface area contributed by atoms with Crippen molar-refractivity contribution in [3.8, 4) is 6.07 Å². The number of halogens is 2. The summed E-state index contributed by atoms with van der Waals surface area (Å²) in [6, 6.07) is 2.98. The Labute approximate surface area is 88.7 Å². The van der Waals surface area contributed by atoms with E-state index in [0.717, 1.165) is 6.07 Å². The number of carboxylic acid groups (broad SMARTS) is 1. The van der Waals surface area contributed by atoms with E-state index in [1.165, 1.54) is 6.07 Å². The van der Waals surface area contributed by atoms with Gasteiger partial charge in [-0.15, -0.1) is 0 Å². The highest BCUT2D eigenvalue weighted by Gasteiger charge is 2.19. The Balaban J connectivity index is 3.54. The maximum atomic E-state index is 12.5. The molecule has 6 heteroatoms. The van der Waals surface area contributed by atoms with Gasteiger partial charge >= 0.3 is 5.97 Å². The molecule has 1 aromatic carbocycles. The molecule has 0 bridgehead atoms. The lowest BCUT2D eigenvalue weighted by atomic mass is 10.00. The number of aldehydes is 1. The number of carbonyl (C=O) groups is 2. The number of benzene rings is 1. The van der Waals surface area contributed by atoms with Crippen LogP contribution in [0.1, 0.15) is 38.3 Å². The van der Waals surface area contributed by atoms with Crippen molar-refractivity contribution in [3.05, 3.63) is 34.4 Å². The minimum Gasteiger partial charge on any atom is -0.478 e. The minimum atomic E-state index is -2.96. The Morgan fingerprint density at radius 2 is 2.12 bits per heavy atom. The van der Waals surface area contributed by atoms with E-state index in [0.29, 0.717) is 6.07 Å². The molecule has 0 spiro atoms. The van der Waals surface area contributed by atoms with Gasteiger partial charge in [-0.3, -0.25) is 4.79 Å². The second-order valence-corrected chi connectivity index (χ2v) is 2.86. The molecule has 0 fully saturated rings. The molecule has 0 aliphatic heterocycles. The lowest BCUT2D eigenvalue weighted by Gasteiger charge is -2.06. The molecule has 4 nitrogen and oxygen atoms in total. The number of carbonyl (C=O) groups excluding carboxylic acids is 1. The Hall–Kier alpha value is -2.29. The van der Waals surface area contributed by atoms with E-state index >= 15 is 0 Å². The van der Waals surface area contributed by atoms with Crippen molar-refractivity contribution in [1.82, 2.24) is 0 Å². The second kappa shape index (κ2) is 4.49. The van der Waals surface area contributed by atoms with Gasteiger partial charge in [0.05, 0.1) is 17.2 Å². The van der Waals surface area contributed by atoms with Gasteiger partial charge in [-0.25, -0.2) is 13.6 Å². The molecule has 0 unspecified atom stereocenters. The predicted molar refractivity (Wildman–Crippen MR) is 48.5 cm³/mol. The summed E-state index contributed by atoms with van der Waals surface area (Å²) in [6.45, 7) is 0. The van der Waals surface area contributed by atoms with Crippen molar-refractivity contribution in [1.29, 1.82) is 5.26 Å². The van der Waals surface area contributed by atoms with Gasteiger partial charge in [0, 0.05) is 11.1 Å². The summed E-state index contributed by atoms with van der Waals surface area (Å²) >= 11 is 0. The van der Waals surface area contributed by atoms with Crippen LogP contribution in [0.2, 0.25) is 0 Å². The predicted octanol–water partition coefficient (Wildman–Crippen LogP) is 2.01. The summed E-state index contributed by atoms with van der Waals surface area (Å²) in [7, 11) is 0. The van der Waals surface area contributed by atoms with Crippen molar-refractivity contribution < 1.29 is 23.5 Å². The number of hydrogen-bond acceptors (Lipinski definition) is 3. The average molecular weight is 225 g/mol. The van der Waals surface area contributed by atoms with Gasteiger partial charge < -0.3 is 5.11 Å². The molecule has 0 heterocycles. The summed E-state index contributed by atoms with van der Waals surface area (Å²) in [5.41, 5.74) is -1.93. The van der Waals surface area contributed by atoms with Gasteiger partial charge in [-0.1, -0.05) is 0 Å². The lowest BCUT2D eigenvalue weighted by molar-refractivity contribution is 0.0693. The molecule has 1 aromatic rings. The van der Waals surface area contributed by atoms with Crippen LogP contribution in [0.25, 0.3) is 0 Å². The second-order valence-electron chi connectivity index (χ2n) is 2.86. The largest absolute Gasteiger partial charge is 0.478 e. The van der Waals surface area contributed by atoms with Crippen molar-refractivity contribution in [3.63, 3.8) is 0 Å². The molecular formula is C10H5F2NO3. The molecule has 1 rings (SSSR count). The van der Waals surface area contributed by atoms with Gasteiger partial charge in [0.2, 0.25) is 0 Å². The summed E-state index contributed by atoms with van der Waals surface area (Å²) in [5.74, 6) is -1.49. The van der Waals surface area contributed by atoms with Crippen molar-refractivity contribution in [2.45, 2.75) is 6.43 Å². The number of nitrogens with zero attached hydrogens (tertiary/aromatic N) is 1. The van der Waals surface area contributed by atoms with Crippen LogP contribution in [-0.2, 0) is 0 Å². The fourth-order valence-electron chi connectivity index (χ4n) is 1.19. The maximum Gasteiger partial charge on any atom is 0.336 e. The fraction of sp³-hybridized carbons (Fsp3) is 0.100. The van der Waals surface area contributed by atoms with E-state index in [2.05, 4.69) is 0 Å². The zero-order valence-electron chi connectivity index (χ0n) is 7.78. The first kappa shape index (κ1) is 11.8. The first-order valence-electron chi connectivity index (χ1n) is 4.06. The number of aromatic carboxylic acids is 1. The van der Waals surface area contributed by atoms with Crippen molar-refractivity contribution >= 4 is 12.3 Å². The van der Waals surface area contributed by atoms with E-state index in [-0.39, 0.29) is 11.8 Å². The van der Waals surface area contributed by atoms with Gasteiger partial charge in [0.25, 0.3) is 6.43 Å². The third-order valence-electron chi connectivity index (χ3n) is 1.93. The van der Waals surface area contributed by atoms with E-state index < -0.39 is 29.1 Å². The van der Waals surface area contributed by atoms with Crippen LogP contribution in [0, 0.1) is 11.3 Å². The van der Waals surface area contributed by atoms with Crippen LogP contribution in [0.4, 0.5) is 8.78 Å². The molecule has 0 amide bonds. The van der Waals surface area contributed by atoms with Crippen LogP contribution in [0.5, 0.6) is 0 Å². The highest BCUT2D eigenvalue weighted by Crippen LogP contribution is 2.25. The van der Waals surface area contributed by atoms with Crippen LogP contribution in [0.3, 0.4) is 0 Å². The Morgan fingerprint density at radius 3 is 2.50 bits per heavy atom. The monoisotopic (exact) mass is 225 g/mol. The first-order chi connectivity index (χ1) is 7.51. The van der Waals surface area contributed by atoms with Crippen LogP contribution in [-0.4, -0.2) is 17.4 Å². The normalized spacial score (nSPS) is 9.88. The molecule has 0 aliphatic carbocycles. The molecule has 0 atom stereocenters. The SMILES string of the molecule is N#Cc1cc(C=O)c(C(=O)O)cc1C(F)F. The fourth-order valence-corrected chi connectivity index (χ4v) is 1.19. The topological polar surface area (TPSA) is 78.2 Å². The molecule has 0 aromatic heterocycles. The summed E-state index contributed by atoms with van der Waals surface area (Å²) in [6.07, 6.45) is -2.76. The molecule has 1 N–H and O–H groups in total. The molecule has 0 aliphatic rings. The minimum absolute atomic E-state index is 0.208. The van der Waals surface area contributed by atoms with E-state index in [4.69, 9.17) is 10.4 Å². The molecule has 0 saturated carbocycles. The van der Waals surface area contributed by atoms with E-state index in [1.807, 2.05) is 0 Å². The highest BCUT2D eigenvalue weighted by atomic mass is 19.3. The first-order valence-corrected chi connectivity index (χ1v) is 4.06. The molecule has 0 saturated heterocycles. The number of alkyl halides is 2. The quantitative estimate of drug-likeness (QED) is 0.798. The Morgan fingerprint density at radius 1 is 1.50 bits per heavy atom. The highest BCUT2D eigenvalue weighted by molar-refractivity contribution is 5.97. The molecular weight excluding hydrogens is 220 g/mol. The average Bonchev–Trinajstić information content (AvgIpc) is 2.26. The van der Waals surface area contributed by atoms with E-state index in [9.17, 15) is 18.4 Å². The maximum absolute atomic E-state index is 12.5. The van der Waals surface area contributed by atoms with Crippen LogP contribution in [0.15, 0.2) is 12.1 Å². The number of carboxylic acids is 1. The van der Waals surface area contributed by atoms with Gasteiger partial charge in [0.15, 0.2) is 6.29 Å². The smallest absolute Gasteiger partial charge is 0.336 e. The summed E-state index contributed by atoms with van der Waals surface area (Å²) in [4.78, 5) is 21.2. The number of hydrogen-bond donors (Lipinski definition) is 1. The van der Waals surface area contributed by atoms with Crippen molar-refractivity contribution in [2.75, 3.05) is 0 Å². The standard InChI is InChI=1S/C10H5F2NO3/c11-9(12)7-2-8(10(15)16)6(4-14)1-5(7)3-13/h1-2,4,9H,(H,15,16). The zero-order chi connectivity index (χ0) is 12.3. The number of rotatable bonds is 3. The van der Waals surface area contributed by atoms with Gasteiger partial charge in [0.1, 0.15) is 0 Å². The zero-order valence-corrected chi connectivity index (χ0v) is 7.78. The Bertz CT molecular complexity index is 492. The van der Waals surface area contributed by atoms with Crippen LogP contribution >= 0.6 is 0 Å². The summed E-state index contributed by atoms with van der Waals surface area (Å²) < 4.78 is 24.9. The summed E-state index contributed by atoms with van der Waals surface area (Å²) in [5, 5.41) is 17.2. The Kier molecular flexibility index (Phi) is 3.30. The van der Waals surface area contributed by atoms with Crippen molar-refractivity contribution in [2.24, 2.45) is 0 Å². The third-order valence-corrected chi connectivity index (χ3v) is 1.93. The molecule has 0 radical (unpaired) electrons.